The van der Waals surface area contributed by atoms with Crippen molar-refractivity contribution in [1.29, 1.82) is 0 Å². The van der Waals surface area contributed by atoms with E-state index >= 15 is 0 Å². The molecule has 5 heteroatoms. The monoisotopic (exact) mass is 254 g/mol. The van der Waals surface area contributed by atoms with Gasteiger partial charge in [-0.2, -0.15) is 13.2 Å². The molecule has 0 bridgehead atoms. The van der Waals surface area contributed by atoms with Gasteiger partial charge in [-0.05, 0) is 6.07 Å². The van der Waals surface area contributed by atoms with Gasteiger partial charge in [0.15, 0.2) is 6.10 Å². The maximum atomic E-state index is 12.0. The van der Waals surface area contributed by atoms with E-state index in [1.807, 2.05) is 0 Å². The first-order valence-corrected chi connectivity index (χ1v) is 4.21. The molecule has 0 saturated carbocycles. The fourth-order valence-corrected chi connectivity index (χ4v) is 1.37. The quantitative estimate of drug-likeness (QED) is 0.817. The van der Waals surface area contributed by atoms with E-state index in [-0.39, 0.29) is 10.0 Å². The molecule has 0 amide bonds. The van der Waals surface area contributed by atoms with E-state index in [9.17, 15) is 13.2 Å². The molecule has 1 rings (SSSR count). The summed E-state index contributed by atoms with van der Waals surface area (Å²) in [6.45, 7) is 0. The first kappa shape index (κ1) is 10.5. The predicted molar refractivity (Wildman–Crippen MR) is 45.2 cm³/mol. The summed E-state index contributed by atoms with van der Waals surface area (Å²) in [6, 6.07) is 5.69. The molecule has 1 N–H and O–H groups in total. The highest BCUT2D eigenvalue weighted by Gasteiger charge is 2.40. The number of alkyl halides is 3. The summed E-state index contributed by atoms with van der Waals surface area (Å²) in [5.41, 5.74) is -0.171. The fourth-order valence-electron chi connectivity index (χ4n) is 0.873. The van der Waals surface area contributed by atoms with Crippen molar-refractivity contribution >= 4 is 15.9 Å². The summed E-state index contributed by atoms with van der Waals surface area (Å²) >= 11 is 2.93. The Labute approximate surface area is 81.3 Å². The van der Waals surface area contributed by atoms with Crippen molar-refractivity contribution in [2.45, 2.75) is 12.3 Å². The molecule has 0 saturated heterocycles. The Bertz CT molecular complexity index is 298. The Hall–Kier alpha value is -0.550. The van der Waals surface area contributed by atoms with E-state index in [1.165, 1.54) is 18.2 Å². The number of aliphatic hydroxyl groups excluding tert-OH is 1. The molecule has 1 aromatic carbocycles. The Kier molecular flexibility index (Phi) is 2.98. The van der Waals surface area contributed by atoms with E-state index in [0.29, 0.717) is 0 Å². The van der Waals surface area contributed by atoms with Gasteiger partial charge in [-0.25, -0.2) is 0 Å². The van der Waals surface area contributed by atoms with Crippen LogP contribution in [0.25, 0.3) is 0 Å². The van der Waals surface area contributed by atoms with E-state index < -0.39 is 12.3 Å². The van der Waals surface area contributed by atoms with Crippen molar-refractivity contribution in [3.63, 3.8) is 0 Å². The first-order chi connectivity index (χ1) is 5.93. The van der Waals surface area contributed by atoms with Gasteiger partial charge in [-0.1, -0.05) is 34.1 Å². The minimum absolute atomic E-state index is 0.171. The Morgan fingerprint density at radius 1 is 1.23 bits per heavy atom. The van der Waals surface area contributed by atoms with Gasteiger partial charge in [0.2, 0.25) is 0 Å². The maximum Gasteiger partial charge on any atom is 0.418 e. The Morgan fingerprint density at radius 2 is 1.77 bits per heavy atom. The minimum Gasteiger partial charge on any atom is -0.379 e. The molecular formula is C8H6BrF3O. The molecule has 0 aromatic heterocycles. The number of hydrogen-bond acceptors (Lipinski definition) is 1. The topological polar surface area (TPSA) is 20.2 Å². The van der Waals surface area contributed by atoms with Gasteiger partial charge in [0.05, 0.1) is 0 Å². The summed E-state index contributed by atoms with van der Waals surface area (Å²) in [7, 11) is 0. The van der Waals surface area contributed by atoms with Crippen LogP contribution in [0.3, 0.4) is 0 Å². The third-order valence-corrected chi connectivity index (χ3v) is 2.23. The summed E-state index contributed by atoms with van der Waals surface area (Å²) in [4.78, 5) is 0. The van der Waals surface area contributed by atoms with Gasteiger partial charge < -0.3 is 5.11 Å². The van der Waals surface area contributed by atoms with E-state index in [0.717, 1.165) is 0 Å². The molecule has 0 aliphatic rings. The first-order valence-electron chi connectivity index (χ1n) is 3.42. The molecule has 1 aromatic rings. The second-order valence-corrected chi connectivity index (χ2v) is 3.32. The van der Waals surface area contributed by atoms with Crippen LogP contribution in [0, 0.1) is 0 Å². The standard InChI is InChI=1S/C8H6BrF3O/c9-6-4-2-1-3-5(6)7(13)8(10,11)12/h1-4,7,13H/t7-/m1/s1. The van der Waals surface area contributed by atoms with Gasteiger partial charge in [-0.15, -0.1) is 0 Å². The maximum absolute atomic E-state index is 12.0. The van der Waals surface area contributed by atoms with Crippen LogP contribution in [-0.2, 0) is 0 Å². The van der Waals surface area contributed by atoms with E-state index in [4.69, 9.17) is 5.11 Å². The lowest BCUT2D eigenvalue weighted by Crippen LogP contribution is -2.20. The molecule has 0 spiro atoms. The van der Waals surface area contributed by atoms with Crippen LogP contribution < -0.4 is 0 Å². The molecular weight excluding hydrogens is 249 g/mol. The van der Waals surface area contributed by atoms with Crippen LogP contribution in [0.4, 0.5) is 13.2 Å². The van der Waals surface area contributed by atoms with Crippen LogP contribution in [0.2, 0.25) is 0 Å². The molecule has 72 valence electrons. The van der Waals surface area contributed by atoms with Crippen LogP contribution in [0.1, 0.15) is 11.7 Å². The molecule has 0 aliphatic carbocycles. The van der Waals surface area contributed by atoms with Gasteiger partial charge in [0.25, 0.3) is 0 Å². The van der Waals surface area contributed by atoms with Crippen molar-refractivity contribution in [3.8, 4) is 0 Å². The zero-order valence-electron chi connectivity index (χ0n) is 6.35. The number of benzene rings is 1. The second kappa shape index (κ2) is 3.67. The van der Waals surface area contributed by atoms with Crippen molar-refractivity contribution in [1.82, 2.24) is 0 Å². The van der Waals surface area contributed by atoms with Crippen LogP contribution in [-0.4, -0.2) is 11.3 Å². The van der Waals surface area contributed by atoms with Gasteiger partial charge in [0.1, 0.15) is 0 Å². The summed E-state index contributed by atoms with van der Waals surface area (Å²) in [5, 5.41) is 8.88. The third kappa shape index (κ3) is 2.45. The highest BCUT2D eigenvalue weighted by Crippen LogP contribution is 2.35. The van der Waals surface area contributed by atoms with Gasteiger partial charge in [-0.3, -0.25) is 0 Å². The lowest BCUT2D eigenvalue weighted by atomic mass is 10.1. The number of aliphatic hydroxyl groups is 1. The third-order valence-electron chi connectivity index (χ3n) is 1.51. The molecule has 0 aliphatic heterocycles. The molecule has 13 heavy (non-hydrogen) atoms. The van der Waals surface area contributed by atoms with Crippen LogP contribution >= 0.6 is 15.9 Å². The fraction of sp³-hybridized carbons (Fsp3) is 0.250. The van der Waals surface area contributed by atoms with Gasteiger partial charge >= 0.3 is 6.18 Å². The SMILES string of the molecule is O[C@H](c1ccccc1Br)C(F)(F)F. The van der Waals surface area contributed by atoms with Crippen molar-refractivity contribution in [2.24, 2.45) is 0 Å². The molecule has 0 fully saturated rings. The van der Waals surface area contributed by atoms with Crippen molar-refractivity contribution in [3.05, 3.63) is 34.3 Å². The largest absolute Gasteiger partial charge is 0.418 e. The zero-order chi connectivity index (χ0) is 10.1. The average Bonchev–Trinajstić information content (AvgIpc) is 2.02. The summed E-state index contributed by atoms with van der Waals surface area (Å²) < 4.78 is 36.4. The summed E-state index contributed by atoms with van der Waals surface area (Å²) in [6.07, 6.45) is -7.05. The Balaban J connectivity index is 3.02. The summed E-state index contributed by atoms with van der Waals surface area (Å²) in [5.74, 6) is 0. The highest BCUT2D eigenvalue weighted by molar-refractivity contribution is 9.10. The van der Waals surface area contributed by atoms with E-state index in [1.54, 1.807) is 6.07 Å². The molecule has 0 radical (unpaired) electrons. The number of halogens is 4. The van der Waals surface area contributed by atoms with Crippen LogP contribution in [0.15, 0.2) is 28.7 Å². The van der Waals surface area contributed by atoms with E-state index in [2.05, 4.69) is 15.9 Å². The lowest BCUT2D eigenvalue weighted by molar-refractivity contribution is -0.207. The average molecular weight is 255 g/mol. The highest BCUT2D eigenvalue weighted by atomic mass is 79.9. The molecule has 1 nitrogen and oxygen atoms in total. The Morgan fingerprint density at radius 3 is 2.23 bits per heavy atom. The minimum atomic E-state index is -4.62. The lowest BCUT2D eigenvalue weighted by Gasteiger charge is -2.15. The van der Waals surface area contributed by atoms with Gasteiger partial charge in [0, 0.05) is 10.0 Å². The van der Waals surface area contributed by atoms with Crippen molar-refractivity contribution < 1.29 is 18.3 Å². The molecule has 0 heterocycles. The number of hydrogen-bond donors (Lipinski definition) is 1. The normalized spacial score (nSPS) is 14.2. The van der Waals surface area contributed by atoms with Crippen molar-refractivity contribution in [2.75, 3.05) is 0 Å². The van der Waals surface area contributed by atoms with Crippen LogP contribution in [0.5, 0.6) is 0 Å². The molecule has 1 atom stereocenters. The second-order valence-electron chi connectivity index (χ2n) is 2.47. The predicted octanol–water partition coefficient (Wildman–Crippen LogP) is 3.04. The smallest absolute Gasteiger partial charge is 0.379 e. The molecule has 0 unspecified atom stereocenters. The number of rotatable bonds is 1. The zero-order valence-corrected chi connectivity index (χ0v) is 7.93.